The van der Waals surface area contributed by atoms with Gasteiger partial charge in [-0.1, -0.05) is 0 Å². The van der Waals surface area contributed by atoms with Gasteiger partial charge in [0.15, 0.2) is 0 Å². The molecule has 206 valence electrons. The average molecular weight is 687 g/mol. The van der Waals surface area contributed by atoms with Crippen LogP contribution in [0.2, 0.25) is 0 Å². The van der Waals surface area contributed by atoms with Crippen LogP contribution in [-0.4, -0.2) is 73.3 Å². The SMILES string of the molecule is CO[C@@]12CC[I-]C3(C[C@@H]1C(C)(C)O)C1N(CC4CC4)CC1(C)Cc1ccc(OCCBr)c4c1C3(C)C2O4. The van der Waals surface area contributed by atoms with Crippen molar-refractivity contribution >= 4 is 15.9 Å². The summed E-state index contributed by atoms with van der Waals surface area (Å²) in [5, 5.41) is 12.6. The first-order valence-corrected chi connectivity index (χ1v) is 17.9. The zero-order chi connectivity index (χ0) is 26.0. The van der Waals surface area contributed by atoms with Crippen molar-refractivity contribution in [2.75, 3.05) is 36.6 Å². The van der Waals surface area contributed by atoms with Crippen LogP contribution < -0.4 is 30.7 Å². The van der Waals surface area contributed by atoms with Crippen LogP contribution in [0, 0.1) is 17.3 Å². The van der Waals surface area contributed by atoms with Crippen molar-refractivity contribution in [3.8, 4) is 11.5 Å². The zero-order valence-corrected chi connectivity index (χ0v) is 26.7. The van der Waals surface area contributed by atoms with Crippen molar-refractivity contribution in [1.82, 2.24) is 4.90 Å². The van der Waals surface area contributed by atoms with Gasteiger partial charge >= 0.3 is 242 Å². The Labute approximate surface area is 240 Å². The van der Waals surface area contributed by atoms with Gasteiger partial charge in [0.25, 0.3) is 0 Å². The fourth-order valence-corrected chi connectivity index (χ4v) is 15.6. The van der Waals surface area contributed by atoms with Crippen LogP contribution >= 0.6 is 15.9 Å². The second-order valence-corrected chi connectivity index (χ2v) is 18.3. The van der Waals surface area contributed by atoms with Gasteiger partial charge in [-0.25, -0.2) is 0 Å². The Morgan fingerprint density at radius 2 is 2.05 bits per heavy atom. The number of halogens is 2. The van der Waals surface area contributed by atoms with E-state index in [1.165, 1.54) is 41.5 Å². The normalized spacial score (nSPS) is 44.0. The van der Waals surface area contributed by atoms with Gasteiger partial charge in [-0.2, -0.15) is 0 Å². The standard InChI is InChI=1S/C30H42BrINO4/c1-26(2,34)21-15-30-24-27(3,17-33(24)16-18-6-7-18)14-19-8-9-20(36-13-11-31)23-22(19)28(30,4)25(37-23)29(21,35-5)10-12-32-30/h8-9,18,21,24-25,34H,6-7,10-17H2,1-5H3/q-1/t21-,24?,25?,27?,28?,29+,30?/m1/s1. The molecule has 3 saturated heterocycles. The first kappa shape index (κ1) is 25.8. The molecule has 0 aromatic heterocycles. The number of nitrogens with zero attached hydrogens (tertiary/aromatic N) is 1. The molecule has 37 heavy (non-hydrogen) atoms. The molecule has 1 aromatic carbocycles. The molecule has 0 amide bonds. The molecule has 7 heteroatoms. The Morgan fingerprint density at radius 1 is 1.27 bits per heavy atom. The number of hydrogen-bond acceptors (Lipinski definition) is 5. The first-order chi connectivity index (χ1) is 17.5. The number of ether oxygens (including phenoxy) is 3. The summed E-state index contributed by atoms with van der Waals surface area (Å²) in [6.07, 6.45) is 5.77. The molecule has 1 aromatic rings. The van der Waals surface area contributed by atoms with Crippen molar-refractivity contribution in [1.29, 1.82) is 0 Å². The molecule has 8 rings (SSSR count). The Morgan fingerprint density at radius 3 is 2.73 bits per heavy atom. The number of fused-ring (bicyclic) bond motifs is 4. The summed E-state index contributed by atoms with van der Waals surface area (Å²) in [4.78, 5) is 2.89. The van der Waals surface area contributed by atoms with Crippen LogP contribution in [0.4, 0.5) is 0 Å². The van der Waals surface area contributed by atoms with E-state index in [0.717, 1.165) is 42.0 Å². The van der Waals surface area contributed by atoms with Crippen molar-refractivity contribution in [3.63, 3.8) is 0 Å². The third-order valence-corrected chi connectivity index (χ3v) is 16.0. The molecule has 2 bridgehead atoms. The van der Waals surface area contributed by atoms with Gasteiger partial charge in [0.2, 0.25) is 0 Å². The number of likely N-dealkylation sites (tertiary alicyclic amines) is 1. The van der Waals surface area contributed by atoms with Crippen LogP contribution in [0.15, 0.2) is 12.1 Å². The summed E-state index contributed by atoms with van der Waals surface area (Å²) in [5.74, 6) is 2.75. The quantitative estimate of drug-likeness (QED) is 0.349. The number of alkyl halides is 3. The Kier molecular flexibility index (Phi) is 5.75. The maximum absolute atomic E-state index is 11.8. The fraction of sp³-hybridized carbons (Fsp3) is 0.800. The Bertz CT molecular complexity index is 1120. The van der Waals surface area contributed by atoms with Crippen molar-refractivity contribution in [2.45, 2.75) is 92.0 Å². The summed E-state index contributed by atoms with van der Waals surface area (Å²) in [5.41, 5.74) is 1.62. The van der Waals surface area contributed by atoms with E-state index in [1.807, 2.05) is 21.0 Å². The molecule has 1 N–H and O–H groups in total. The van der Waals surface area contributed by atoms with Crippen LogP contribution in [0.3, 0.4) is 0 Å². The molecule has 7 aliphatic rings. The van der Waals surface area contributed by atoms with Gasteiger partial charge in [-0.3, -0.25) is 0 Å². The summed E-state index contributed by atoms with van der Waals surface area (Å²) >= 11 is 3.36. The van der Waals surface area contributed by atoms with Gasteiger partial charge in [0.05, 0.1) is 0 Å². The third-order valence-electron chi connectivity index (χ3n) is 11.1. The second-order valence-electron chi connectivity index (χ2n) is 13.8. The molecule has 5 fully saturated rings. The van der Waals surface area contributed by atoms with Gasteiger partial charge in [0, 0.05) is 0 Å². The number of rotatable bonds is 7. The molecule has 4 aliphatic heterocycles. The molecular weight excluding hydrogens is 645 g/mol. The second kappa shape index (κ2) is 8.23. The van der Waals surface area contributed by atoms with Crippen LogP contribution in [0.25, 0.3) is 0 Å². The first-order valence-electron chi connectivity index (χ1n) is 14.2. The maximum atomic E-state index is 11.8. The van der Waals surface area contributed by atoms with E-state index in [-0.39, 0.29) is 47.5 Å². The van der Waals surface area contributed by atoms with E-state index < -0.39 is 11.2 Å². The van der Waals surface area contributed by atoms with Gasteiger partial charge < -0.3 is 0 Å². The zero-order valence-electron chi connectivity index (χ0n) is 22.9. The van der Waals surface area contributed by atoms with E-state index in [2.05, 4.69) is 46.8 Å². The molecule has 0 radical (unpaired) electrons. The predicted octanol–water partition coefficient (Wildman–Crippen LogP) is 1.54. The fourth-order valence-electron chi connectivity index (χ4n) is 9.68. The van der Waals surface area contributed by atoms with Gasteiger partial charge in [-0.05, 0) is 0 Å². The molecule has 4 heterocycles. The van der Waals surface area contributed by atoms with Crippen molar-refractivity contribution in [3.05, 3.63) is 23.3 Å². The molecule has 5 unspecified atom stereocenters. The molecule has 2 saturated carbocycles. The van der Waals surface area contributed by atoms with E-state index in [1.54, 1.807) is 0 Å². The molecule has 7 atom stereocenters. The summed E-state index contributed by atoms with van der Waals surface area (Å²) in [6, 6.07) is 5.05. The molecule has 5 nitrogen and oxygen atoms in total. The van der Waals surface area contributed by atoms with E-state index in [4.69, 9.17) is 14.2 Å². The van der Waals surface area contributed by atoms with Crippen molar-refractivity contribution < 1.29 is 40.5 Å². The number of benzene rings is 1. The van der Waals surface area contributed by atoms with E-state index in [9.17, 15) is 5.11 Å². The average Bonchev–Trinajstić information content (AvgIpc) is 3.62. The van der Waals surface area contributed by atoms with Crippen LogP contribution in [-0.2, 0) is 16.6 Å². The Hall–Kier alpha value is -0.0900. The summed E-state index contributed by atoms with van der Waals surface area (Å²) < 4.78 is 21.5. The molecule has 1 spiro atoms. The summed E-state index contributed by atoms with van der Waals surface area (Å²) in [7, 11) is 1.87. The number of methoxy groups -OCH3 is 1. The number of aliphatic hydroxyl groups is 1. The topological polar surface area (TPSA) is 51.2 Å². The number of hydrogen-bond donors (Lipinski definition) is 1. The molecular formula is C30H42BrINO4-. The molecule has 3 aliphatic carbocycles. The summed E-state index contributed by atoms with van der Waals surface area (Å²) in [6.45, 7) is 12.2. The minimum atomic E-state index is -0.845. The third kappa shape index (κ3) is 3.24. The van der Waals surface area contributed by atoms with E-state index >= 15 is 0 Å². The van der Waals surface area contributed by atoms with Gasteiger partial charge in [0.1, 0.15) is 0 Å². The Balaban J connectivity index is 1.49. The van der Waals surface area contributed by atoms with Gasteiger partial charge in [-0.15, -0.1) is 0 Å². The van der Waals surface area contributed by atoms with Crippen molar-refractivity contribution in [2.24, 2.45) is 17.3 Å². The van der Waals surface area contributed by atoms with E-state index in [0.29, 0.717) is 12.6 Å². The minimum absolute atomic E-state index is 0.0284. The monoisotopic (exact) mass is 686 g/mol. The predicted molar refractivity (Wildman–Crippen MR) is 144 cm³/mol. The van der Waals surface area contributed by atoms with Crippen LogP contribution in [0.5, 0.6) is 11.5 Å². The van der Waals surface area contributed by atoms with Crippen LogP contribution in [0.1, 0.15) is 64.5 Å².